The third-order valence-corrected chi connectivity index (χ3v) is 2.74. The Hall–Kier alpha value is -2.18. The Bertz CT molecular complexity index is 563. The summed E-state index contributed by atoms with van der Waals surface area (Å²) in [5.41, 5.74) is 2.00. The highest BCUT2D eigenvalue weighted by Crippen LogP contribution is 2.06. The average Bonchev–Trinajstić information content (AvgIpc) is 2.94. The van der Waals surface area contributed by atoms with Gasteiger partial charge in [-0.15, -0.1) is 0 Å². The van der Waals surface area contributed by atoms with E-state index in [1.165, 1.54) is 7.11 Å². The van der Waals surface area contributed by atoms with E-state index in [1.54, 1.807) is 6.07 Å². The standard InChI is InChI=1S/C14H16N2O4/c1-19-9-12-6-13(16-20-12)14(18)15-7-10-2-4-11(8-17)5-3-10/h2-6,17H,7-9H2,1H3,(H,15,18). The zero-order valence-electron chi connectivity index (χ0n) is 11.1. The van der Waals surface area contributed by atoms with Crippen LogP contribution in [0.25, 0.3) is 0 Å². The molecule has 1 amide bonds. The summed E-state index contributed by atoms with van der Waals surface area (Å²) in [7, 11) is 1.54. The van der Waals surface area contributed by atoms with Gasteiger partial charge < -0.3 is 19.7 Å². The average molecular weight is 276 g/mol. The van der Waals surface area contributed by atoms with Crippen LogP contribution in [0.15, 0.2) is 34.9 Å². The first kappa shape index (κ1) is 14.2. The summed E-state index contributed by atoms with van der Waals surface area (Å²) in [6.45, 7) is 0.674. The number of methoxy groups -OCH3 is 1. The van der Waals surface area contributed by atoms with E-state index in [4.69, 9.17) is 14.4 Å². The van der Waals surface area contributed by atoms with Gasteiger partial charge in [0.05, 0.1) is 6.61 Å². The third kappa shape index (κ3) is 3.66. The van der Waals surface area contributed by atoms with Gasteiger partial charge in [0.1, 0.15) is 6.61 Å². The number of hydrogen-bond donors (Lipinski definition) is 2. The van der Waals surface area contributed by atoms with Crippen molar-refractivity contribution < 1.29 is 19.2 Å². The van der Waals surface area contributed by atoms with Crippen molar-refractivity contribution in [2.75, 3.05) is 7.11 Å². The Balaban J connectivity index is 1.90. The molecule has 1 heterocycles. The minimum atomic E-state index is -0.303. The smallest absolute Gasteiger partial charge is 0.273 e. The van der Waals surface area contributed by atoms with Crippen LogP contribution in [0.1, 0.15) is 27.4 Å². The van der Waals surface area contributed by atoms with Crippen molar-refractivity contribution in [2.24, 2.45) is 0 Å². The van der Waals surface area contributed by atoms with Crippen molar-refractivity contribution in [3.63, 3.8) is 0 Å². The molecule has 0 aliphatic heterocycles. The summed E-state index contributed by atoms with van der Waals surface area (Å²) in [5.74, 6) is 0.201. The van der Waals surface area contributed by atoms with E-state index in [2.05, 4.69) is 10.5 Å². The SMILES string of the molecule is COCc1cc(C(=O)NCc2ccc(CO)cc2)no1. The molecule has 0 unspecified atom stereocenters. The van der Waals surface area contributed by atoms with Crippen molar-refractivity contribution >= 4 is 5.91 Å². The molecule has 0 radical (unpaired) electrons. The summed E-state index contributed by atoms with van der Waals surface area (Å²) >= 11 is 0. The maximum Gasteiger partial charge on any atom is 0.273 e. The number of carbonyl (C=O) groups is 1. The van der Waals surface area contributed by atoms with Gasteiger partial charge in [-0.3, -0.25) is 4.79 Å². The second-order valence-electron chi connectivity index (χ2n) is 4.27. The van der Waals surface area contributed by atoms with E-state index >= 15 is 0 Å². The quantitative estimate of drug-likeness (QED) is 0.829. The number of rotatable bonds is 6. The van der Waals surface area contributed by atoms with E-state index in [-0.39, 0.29) is 24.8 Å². The molecule has 0 aliphatic rings. The Labute approximate surface area is 116 Å². The fraction of sp³-hybridized carbons (Fsp3) is 0.286. The van der Waals surface area contributed by atoms with Gasteiger partial charge in [-0.2, -0.15) is 0 Å². The maximum atomic E-state index is 11.8. The van der Waals surface area contributed by atoms with Gasteiger partial charge in [0.25, 0.3) is 5.91 Å². The maximum absolute atomic E-state index is 11.8. The lowest BCUT2D eigenvalue weighted by Crippen LogP contribution is -2.23. The largest absolute Gasteiger partial charge is 0.392 e. The number of nitrogens with zero attached hydrogens (tertiary/aromatic N) is 1. The molecule has 0 saturated carbocycles. The summed E-state index contributed by atoms with van der Waals surface area (Å²) < 4.78 is 9.83. The van der Waals surface area contributed by atoms with Gasteiger partial charge in [-0.05, 0) is 11.1 Å². The molecular formula is C14H16N2O4. The number of aromatic nitrogens is 1. The first-order valence-electron chi connectivity index (χ1n) is 6.14. The molecule has 2 N–H and O–H groups in total. The molecule has 106 valence electrons. The van der Waals surface area contributed by atoms with E-state index in [0.717, 1.165) is 11.1 Å². The van der Waals surface area contributed by atoms with Gasteiger partial charge in [-0.1, -0.05) is 29.4 Å². The Morgan fingerprint density at radius 2 is 2.05 bits per heavy atom. The van der Waals surface area contributed by atoms with Gasteiger partial charge in [0.15, 0.2) is 11.5 Å². The van der Waals surface area contributed by atoms with Gasteiger partial charge in [0.2, 0.25) is 0 Å². The first-order chi connectivity index (χ1) is 9.72. The number of benzene rings is 1. The highest BCUT2D eigenvalue weighted by Gasteiger charge is 2.11. The summed E-state index contributed by atoms with van der Waals surface area (Å²) in [6, 6.07) is 8.88. The molecule has 1 aromatic carbocycles. The molecule has 1 aromatic heterocycles. The van der Waals surface area contributed by atoms with E-state index < -0.39 is 0 Å². The minimum Gasteiger partial charge on any atom is -0.392 e. The molecule has 0 fully saturated rings. The molecule has 0 aliphatic carbocycles. The predicted octanol–water partition coefficient (Wildman–Crippen LogP) is 1.24. The van der Waals surface area contributed by atoms with Crippen LogP contribution in [0.5, 0.6) is 0 Å². The Morgan fingerprint density at radius 1 is 1.35 bits per heavy atom. The second-order valence-corrected chi connectivity index (χ2v) is 4.27. The monoisotopic (exact) mass is 276 g/mol. The number of ether oxygens (including phenoxy) is 1. The van der Waals surface area contributed by atoms with Gasteiger partial charge in [-0.25, -0.2) is 0 Å². The highest BCUT2D eigenvalue weighted by atomic mass is 16.5. The van der Waals surface area contributed by atoms with Crippen LogP contribution >= 0.6 is 0 Å². The fourth-order valence-electron chi connectivity index (χ4n) is 1.67. The molecule has 0 bridgehead atoms. The van der Waals surface area contributed by atoms with Crippen molar-refractivity contribution in [3.05, 3.63) is 52.9 Å². The summed E-state index contributed by atoms with van der Waals surface area (Å²) in [4.78, 5) is 11.8. The molecule has 0 saturated heterocycles. The molecule has 0 spiro atoms. The molecule has 6 heteroatoms. The molecule has 0 atom stereocenters. The molecule has 2 aromatic rings. The normalized spacial score (nSPS) is 10.5. The summed E-state index contributed by atoms with van der Waals surface area (Å²) in [5, 5.41) is 15.4. The van der Waals surface area contributed by atoms with Gasteiger partial charge >= 0.3 is 0 Å². The number of hydrogen-bond acceptors (Lipinski definition) is 5. The number of amides is 1. The van der Waals surface area contributed by atoms with Crippen molar-refractivity contribution in [3.8, 4) is 0 Å². The van der Waals surface area contributed by atoms with Crippen LogP contribution < -0.4 is 5.32 Å². The molecule has 20 heavy (non-hydrogen) atoms. The fourth-order valence-corrected chi connectivity index (χ4v) is 1.67. The van der Waals surface area contributed by atoms with Gasteiger partial charge in [0, 0.05) is 19.7 Å². The number of aliphatic hydroxyl groups is 1. The van der Waals surface area contributed by atoms with E-state index in [9.17, 15) is 4.79 Å². The molecular weight excluding hydrogens is 260 g/mol. The lowest BCUT2D eigenvalue weighted by molar-refractivity contribution is 0.0941. The van der Waals surface area contributed by atoms with E-state index in [1.807, 2.05) is 24.3 Å². The van der Waals surface area contributed by atoms with Crippen molar-refractivity contribution in [1.29, 1.82) is 0 Å². The lowest BCUT2D eigenvalue weighted by Gasteiger charge is -2.04. The Kier molecular flexibility index (Phi) is 4.86. The number of carbonyl (C=O) groups excluding carboxylic acids is 1. The van der Waals surface area contributed by atoms with Crippen LogP contribution in [0.4, 0.5) is 0 Å². The number of aliphatic hydroxyl groups excluding tert-OH is 1. The zero-order chi connectivity index (χ0) is 14.4. The van der Waals surface area contributed by atoms with Crippen molar-refractivity contribution in [2.45, 2.75) is 19.8 Å². The van der Waals surface area contributed by atoms with Crippen LogP contribution in [0.3, 0.4) is 0 Å². The van der Waals surface area contributed by atoms with Crippen LogP contribution in [0.2, 0.25) is 0 Å². The van der Waals surface area contributed by atoms with E-state index in [0.29, 0.717) is 12.3 Å². The Morgan fingerprint density at radius 3 is 2.70 bits per heavy atom. The molecule has 6 nitrogen and oxygen atoms in total. The minimum absolute atomic E-state index is 0.00779. The predicted molar refractivity (Wildman–Crippen MR) is 70.8 cm³/mol. The lowest BCUT2D eigenvalue weighted by atomic mass is 10.1. The second kappa shape index (κ2) is 6.83. The summed E-state index contributed by atoms with van der Waals surface area (Å²) in [6.07, 6.45) is 0. The zero-order valence-corrected chi connectivity index (χ0v) is 11.1. The third-order valence-electron chi connectivity index (χ3n) is 2.74. The highest BCUT2D eigenvalue weighted by molar-refractivity contribution is 5.92. The first-order valence-corrected chi connectivity index (χ1v) is 6.14. The van der Waals surface area contributed by atoms with Crippen LogP contribution in [-0.2, 0) is 24.5 Å². The number of nitrogens with one attached hydrogen (secondary N) is 1. The van der Waals surface area contributed by atoms with Crippen molar-refractivity contribution in [1.82, 2.24) is 10.5 Å². The topological polar surface area (TPSA) is 84.6 Å². The van der Waals surface area contributed by atoms with Crippen LogP contribution in [-0.4, -0.2) is 23.3 Å². The van der Waals surface area contributed by atoms with Crippen LogP contribution in [0, 0.1) is 0 Å². The molecule has 2 rings (SSSR count).